The highest BCUT2D eigenvalue weighted by Gasteiger charge is 2.13. The number of nitrogens with zero attached hydrogens (tertiary/aromatic N) is 2. The van der Waals surface area contributed by atoms with E-state index in [4.69, 9.17) is 0 Å². The minimum atomic E-state index is -0.0221. The molecular formula is C16H12N2O. The van der Waals surface area contributed by atoms with Crippen molar-refractivity contribution in [2.75, 3.05) is 0 Å². The molecule has 0 aliphatic rings. The fourth-order valence-corrected chi connectivity index (χ4v) is 2.04. The van der Waals surface area contributed by atoms with Gasteiger partial charge in [-0.3, -0.25) is 14.8 Å². The Balaban J connectivity index is 2.14. The van der Waals surface area contributed by atoms with Crippen LogP contribution in [-0.2, 0) is 0 Å². The number of hydrogen-bond donors (Lipinski definition) is 0. The third-order valence-electron chi connectivity index (χ3n) is 3.06. The van der Waals surface area contributed by atoms with Crippen molar-refractivity contribution < 1.29 is 4.79 Å². The number of carbonyl (C=O) groups is 1. The fourth-order valence-electron chi connectivity index (χ4n) is 2.04. The summed E-state index contributed by atoms with van der Waals surface area (Å²) in [5, 5.41) is 0. The molecule has 0 spiro atoms. The van der Waals surface area contributed by atoms with Gasteiger partial charge in [-0.2, -0.15) is 0 Å². The fraction of sp³-hybridized carbons (Fsp3) is 0.0625. The Morgan fingerprint density at radius 3 is 2.47 bits per heavy atom. The molecule has 92 valence electrons. The summed E-state index contributed by atoms with van der Waals surface area (Å²) in [6.45, 7) is 2.00. The second-order valence-corrected chi connectivity index (χ2v) is 4.42. The average Bonchev–Trinajstić information content (AvgIpc) is 2.47. The number of hydrogen-bond acceptors (Lipinski definition) is 3. The third kappa shape index (κ3) is 2.10. The van der Waals surface area contributed by atoms with E-state index in [2.05, 4.69) is 9.97 Å². The van der Waals surface area contributed by atoms with Crippen molar-refractivity contribution in [1.82, 2.24) is 9.97 Å². The molecule has 3 nitrogen and oxygen atoms in total. The van der Waals surface area contributed by atoms with Crippen LogP contribution in [0.4, 0.5) is 0 Å². The monoisotopic (exact) mass is 248 g/mol. The van der Waals surface area contributed by atoms with Gasteiger partial charge in [0.2, 0.25) is 0 Å². The van der Waals surface area contributed by atoms with Crippen molar-refractivity contribution in [1.29, 1.82) is 0 Å². The molecule has 0 saturated heterocycles. The van der Waals surface area contributed by atoms with Crippen LogP contribution in [0.5, 0.6) is 0 Å². The lowest BCUT2D eigenvalue weighted by molar-refractivity contribution is 0.104. The maximum atomic E-state index is 12.5. The van der Waals surface area contributed by atoms with E-state index in [0.29, 0.717) is 16.6 Å². The van der Waals surface area contributed by atoms with E-state index >= 15 is 0 Å². The zero-order chi connectivity index (χ0) is 13.2. The quantitative estimate of drug-likeness (QED) is 0.654. The van der Waals surface area contributed by atoms with Gasteiger partial charge in [0.15, 0.2) is 5.78 Å². The van der Waals surface area contributed by atoms with Crippen LogP contribution in [0.25, 0.3) is 11.0 Å². The summed E-state index contributed by atoms with van der Waals surface area (Å²) in [4.78, 5) is 21.0. The second kappa shape index (κ2) is 4.61. The first kappa shape index (κ1) is 11.5. The van der Waals surface area contributed by atoms with Gasteiger partial charge in [0.1, 0.15) is 0 Å². The molecule has 0 unspecified atom stereocenters. The number of aromatic nitrogens is 2. The first-order chi connectivity index (χ1) is 9.25. The number of rotatable bonds is 2. The minimum absolute atomic E-state index is 0.0221. The van der Waals surface area contributed by atoms with Gasteiger partial charge in [-0.05, 0) is 19.1 Å². The number of carbonyl (C=O) groups excluding carboxylic acids is 1. The predicted octanol–water partition coefficient (Wildman–Crippen LogP) is 3.17. The number of ketones is 1. The number of fused-ring (bicyclic) bond motifs is 1. The van der Waals surface area contributed by atoms with Gasteiger partial charge in [0.05, 0.1) is 16.6 Å². The van der Waals surface area contributed by atoms with E-state index < -0.39 is 0 Å². The minimum Gasteiger partial charge on any atom is -0.289 e. The summed E-state index contributed by atoms with van der Waals surface area (Å²) < 4.78 is 0. The molecule has 0 radical (unpaired) electrons. The molecule has 0 atom stereocenters. The topological polar surface area (TPSA) is 42.9 Å². The van der Waals surface area contributed by atoms with Crippen LogP contribution in [0.15, 0.2) is 54.9 Å². The average molecular weight is 248 g/mol. The highest BCUT2D eigenvalue weighted by Crippen LogP contribution is 2.18. The summed E-state index contributed by atoms with van der Waals surface area (Å²) in [5.74, 6) is -0.0221. The maximum absolute atomic E-state index is 12.5. The third-order valence-corrected chi connectivity index (χ3v) is 3.06. The van der Waals surface area contributed by atoms with Gasteiger partial charge in [0.25, 0.3) is 0 Å². The van der Waals surface area contributed by atoms with Crippen LogP contribution in [0, 0.1) is 6.92 Å². The molecule has 0 N–H and O–H groups in total. The maximum Gasteiger partial charge on any atom is 0.195 e. The SMILES string of the molecule is Cc1ccc(C(=O)c2cccc3nccnc23)cc1. The molecule has 3 aromatic rings. The van der Waals surface area contributed by atoms with E-state index in [1.807, 2.05) is 43.3 Å². The number of benzene rings is 2. The molecule has 2 aromatic carbocycles. The van der Waals surface area contributed by atoms with Gasteiger partial charge in [0, 0.05) is 18.0 Å². The van der Waals surface area contributed by atoms with Crippen molar-refractivity contribution in [3.8, 4) is 0 Å². The molecular weight excluding hydrogens is 236 g/mol. The van der Waals surface area contributed by atoms with E-state index in [1.165, 1.54) is 0 Å². The second-order valence-electron chi connectivity index (χ2n) is 4.42. The van der Waals surface area contributed by atoms with Gasteiger partial charge < -0.3 is 0 Å². The Morgan fingerprint density at radius 2 is 1.68 bits per heavy atom. The molecule has 3 heteroatoms. The summed E-state index contributed by atoms with van der Waals surface area (Å²) >= 11 is 0. The molecule has 1 aromatic heterocycles. The molecule has 0 fully saturated rings. The zero-order valence-electron chi connectivity index (χ0n) is 10.5. The van der Waals surface area contributed by atoms with Crippen LogP contribution in [-0.4, -0.2) is 15.8 Å². The zero-order valence-corrected chi connectivity index (χ0v) is 10.5. The summed E-state index contributed by atoms with van der Waals surface area (Å²) in [6.07, 6.45) is 3.23. The van der Waals surface area contributed by atoms with Crippen LogP contribution in [0.3, 0.4) is 0 Å². The van der Waals surface area contributed by atoms with Crippen LogP contribution in [0.2, 0.25) is 0 Å². The predicted molar refractivity (Wildman–Crippen MR) is 74.1 cm³/mol. The van der Waals surface area contributed by atoms with Crippen molar-refractivity contribution in [3.05, 3.63) is 71.5 Å². The van der Waals surface area contributed by atoms with E-state index in [9.17, 15) is 4.79 Å². The lowest BCUT2D eigenvalue weighted by Gasteiger charge is -2.04. The van der Waals surface area contributed by atoms with Crippen molar-refractivity contribution in [3.63, 3.8) is 0 Å². The normalized spacial score (nSPS) is 10.6. The Hall–Kier alpha value is -2.55. The number of para-hydroxylation sites is 1. The molecule has 1 heterocycles. The van der Waals surface area contributed by atoms with E-state index in [1.54, 1.807) is 18.5 Å². The van der Waals surface area contributed by atoms with Crippen LogP contribution < -0.4 is 0 Å². The largest absolute Gasteiger partial charge is 0.289 e. The van der Waals surface area contributed by atoms with Crippen molar-refractivity contribution in [2.45, 2.75) is 6.92 Å². The van der Waals surface area contributed by atoms with Gasteiger partial charge >= 0.3 is 0 Å². The molecule has 0 amide bonds. The lowest BCUT2D eigenvalue weighted by atomic mass is 10.0. The first-order valence-electron chi connectivity index (χ1n) is 6.07. The summed E-state index contributed by atoms with van der Waals surface area (Å²) in [5.41, 5.74) is 3.78. The Labute approximate surface area is 111 Å². The Bertz CT molecular complexity index is 743. The molecule has 0 aliphatic heterocycles. The van der Waals surface area contributed by atoms with Gasteiger partial charge in [-0.15, -0.1) is 0 Å². The van der Waals surface area contributed by atoms with E-state index in [0.717, 1.165) is 11.1 Å². The highest BCUT2D eigenvalue weighted by molar-refractivity contribution is 6.15. The standard InChI is InChI=1S/C16H12N2O/c1-11-5-7-12(8-6-11)16(19)13-3-2-4-14-15(13)18-10-9-17-14/h2-10H,1H3. The highest BCUT2D eigenvalue weighted by atomic mass is 16.1. The smallest absolute Gasteiger partial charge is 0.195 e. The first-order valence-corrected chi connectivity index (χ1v) is 6.07. The van der Waals surface area contributed by atoms with Crippen molar-refractivity contribution >= 4 is 16.8 Å². The molecule has 3 rings (SSSR count). The van der Waals surface area contributed by atoms with Crippen LogP contribution >= 0.6 is 0 Å². The molecule has 0 aliphatic carbocycles. The summed E-state index contributed by atoms with van der Waals surface area (Å²) in [6, 6.07) is 13.0. The number of aryl methyl sites for hydroxylation is 1. The summed E-state index contributed by atoms with van der Waals surface area (Å²) in [7, 11) is 0. The molecule has 0 bridgehead atoms. The van der Waals surface area contributed by atoms with Gasteiger partial charge in [-0.25, -0.2) is 0 Å². The van der Waals surface area contributed by atoms with Gasteiger partial charge in [-0.1, -0.05) is 35.9 Å². The van der Waals surface area contributed by atoms with E-state index in [-0.39, 0.29) is 5.78 Å². The molecule has 19 heavy (non-hydrogen) atoms. The Morgan fingerprint density at radius 1 is 0.947 bits per heavy atom. The van der Waals surface area contributed by atoms with Crippen LogP contribution in [0.1, 0.15) is 21.5 Å². The lowest BCUT2D eigenvalue weighted by Crippen LogP contribution is -2.03. The molecule has 0 saturated carbocycles. The van der Waals surface area contributed by atoms with Crippen molar-refractivity contribution in [2.24, 2.45) is 0 Å². The Kier molecular flexibility index (Phi) is 2.80.